The van der Waals surface area contributed by atoms with Gasteiger partial charge in [-0.05, 0) is 38.7 Å². The van der Waals surface area contributed by atoms with Crippen LogP contribution in [0.3, 0.4) is 0 Å². The highest BCUT2D eigenvalue weighted by Gasteiger charge is 2.21. The van der Waals surface area contributed by atoms with Gasteiger partial charge < -0.3 is 10.2 Å². The Morgan fingerprint density at radius 1 is 1.40 bits per heavy atom. The van der Waals surface area contributed by atoms with Crippen molar-refractivity contribution >= 4 is 5.91 Å². The van der Waals surface area contributed by atoms with Crippen LogP contribution >= 0.6 is 0 Å². The average molecular weight is 278 g/mol. The molecule has 0 saturated carbocycles. The smallest absolute Gasteiger partial charge is 0.239 e. The van der Waals surface area contributed by atoms with Gasteiger partial charge in [0.2, 0.25) is 5.91 Å². The second kappa shape index (κ2) is 6.88. The second-order valence-electron chi connectivity index (χ2n) is 5.59. The van der Waals surface area contributed by atoms with Gasteiger partial charge in [-0.2, -0.15) is 5.10 Å². The zero-order chi connectivity index (χ0) is 14.5. The fraction of sp³-hybridized carbons (Fsp3) is 0.733. The Hall–Kier alpha value is -1.36. The molecule has 1 amide bonds. The molecular weight excluding hydrogens is 252 g/mol. The van der Waals surface area contributed by atoms with Crippen LogP contribution in [0.1, 0.15) is 44.5 Å². The molecule has 5 nitrogen and oxygen atoms in total. The lowest BCUT2D eigenvalue weighted by Gasteiger charge is -2.29. The molecule has 2 rings (SSSR count). The minimum atomic E-state index is -0.131. The van der Waals surface area contributed by atoms with E-state index in [1.54, 1.807) is 0 Å². The average Bonchev–Trinajstić information content (AvgIpc) is 2.85. The van der Waals surface area contributed by atoms with Crippen LogP contribution in [0.4, 0.5) is 0 Å². The minimum Gasteiger partial charge on any atom is -0.341 e. The van der Waals surface area contributed by atoms with E-state index in [2.05, 4.69) is 23.4 Å². The van der Waals surface area contributed by atoms with Gasteiger partial charge in [0.05, 0.1) is 17.4 Å². The maximum Gasteiger partial charge on any atom is 0.239 e. The van der Waals surface area contributed by atoms with E-state index in [1.165, 1.54) is 6.42 Å². The number of piperidine rings is 1. The van der Waals surface area contributed by atoms with Gasteiger partial charge in [0.25, 0.3) is 0 Å². The molecule has 1 N–H and O–H groups in total. The Morgan fingerprint density at radius 3 is 2.70 bits per heavy atom. The Bertz CT molecular complexity index is 449. The maximum absolute atomic E-state index is 12.3. The van der Waals surface area contributed by atoms with Crippen molar-refractivity contribution in [3.8, 4) is 0 Å². The molecule has 0 radical (unpaired) electrons. The van der Waals surface area contributed by atoms with Gasteiger partial charge in [-0.15, -0.1) is 0 Å². The normalized spacial score (nSPS) is 17.2. The predicted molar refractivity (Wildman–Crippen MR) is 79.3 cm³/mol. The first-order valence-electron chi connectivity index (χ1n) is 7.65. The first-order chi connectivity index (χ1) is 9.61. The van der Waals surface area contributed by atoms with E-state index in [9.17, 15) is 4.79 Å². The summed E-state index contributed by atoms with van der Waals surface area (Å²) in [4.78, 5) is 14.3. The van der Waals surface area contributed by atoms with Gasteiger partial charge in [-0.1, -0.05) is 6.92 Å². The first kappa shape index (κ1) is 15.0. The Morgan fingerprint density at radius 2 is 2.10 bits per heavy atom. The summed E-state index contributed by atoms with van der Waals surface area (Å²) in [5.41, 5.74) is 2.22. The molecule has 0 aliphatic carbocycles. The lowest BCUT2D eigenvalue weighted by Crippen LogP contribution is -2.46. The Labute approximate surface area is 121 Å². The van der Waals surface area contributed by atoms with Gasteiger partial charge >= 0.3 is 0 Å². The van der Waals surface area contributed by atoms with Crippen LogP contribution in [0.2, 0.25) is 0 Å². The van der Waals surface area contributed by atoms with E-state index in [4.69, 9.17) is 0 Å². The topological polar surface area (TPSA) is 50.2 Å². The van der Waals surface area contributed by atoms with Crippen molar-refractivity contribution in [2.24, 2.45) is 7.05 Å². The number of nitrogens with one attached hydrogen (secondary N) is 1. The number of carbonyl (C=O) groups is 1. The molecule has 2 heterocycles. The lowest BCUT2D eigenvalue weighted by molar-refractivity contribution is -0.133. The molecule has 20 heavy (non-hydrogen) atoms. The molecular formula is C15H26N4O. The van der Waals surface area contributed by atoms with Gasteiger partial charge in [0.1, 0.15) is 0 Å². The Kier molecular flexibility index (Phi) is 5.17. The van der Waals surface area contributed by atoms with Gasteiger partial charge in [0, 0.05) is 26.7 Å². The number of likely N-dealkylation sites (tertiary alicyclic amines) is 1. The van der Waals surface area contributed by atoms with E-state index < -0.39 is 0 Å². The highest BCUT2D eigenvalue weighted by molar-refractivity contribution is 5.81. The van der Waals surface area contributed by atoms with Crippen LogP contribution in [-0.2, 0) is 24.8 Å². The number of rotatable bonds is 5. The highest BCUT2D eigenvalue weighted by atomic mass is 16.2. The highest BCUT2D eigenvalue weighted by Crippen LogP contribution is 2.10. The molecule has 1 aromatic heterocycles. The van der Waals surface area contributed by atoms with E-state index >= 15 is 0 Å². The van der Waals surface area contributed by atoms with Crippen LogP contribution in [0.15, 0.2) is 6.07 Å². The molecule has 1 saturated heterocycles. The van der Waals surface area contributed by atoms with Crippen LogP contribution in [-0.4, -0.2) is 39.7 Å². The number of amides is 1. The van der Waals surface area contributed by atoms with Crippen molar-refractivity contribution < 1.29 is 4.79 Å². The van der Waals surface area contributed by atoms with Crippen LogP contribution in [0.25, 0.3) is 0 Å². The number of nitrogens with zero attached hydrogens (tertiary/aromatic N) is 3. The summed E-state index contributed by atoms with van der Waals surface area (Å²) in [6.07, 6.45) is 4.47. The van der Waals surface area contributed by atoms with E-state index in [0.717, 1.165) is 43.7 Å². The summed E-state index contributed by atoms with van der Waals surface area (Å²) < 4.78 is 1.89. The number of hydrogen-bond acceptors (Lipinski definition) is 3. The molecule has 0 bridgehead atoms. The summed E-state index contributed by atoms with van der Waals surface area (Å²) >= 11 is 0. The third-order valence-electron chi connectivity index (χ3n) is 4.02. The van der Waals surface area contributed by atoms with Crippen molar-refractivity contribution in [1.82, 2.24) is 20.0 Å². The number of carbonyl (C=O) groups excluding carboxylic acids is 1. The summed E-state index contributed by atoms with van der Waals surface area (Å²) in [7, 11) is 1.95. The quantitative estimate of drug-likeness (QED) is 0.887. The third kappa shape index (κ3) is 3.60. The monoisotopic (exact) mass is 278 g/mol. The van der Waals surface area contributed by atoms with Crippen LogP contribution in [0, 0.1) is 0 Å². The SMILES string of the molecule is CCc1cc(CNC(C)C(=O)N2CCCCC2)n(C)n1. The molecule has 5 heteroatoms. The maximum atomic E-state index is 12.3. The zero-order valence-electron chi connectivity index (χ0n) is 12.9. The second-order valence-corrected chi connectivity index (χ2v) is 5.59. The van der Waals surface area contributed by atoms with Crippen molar-refractivity contribution in [2.75, 3.05) is 13.1 Å². The van der Waals surface area contributed by atoms with Gasteiger partial charge in [0.15, 0.2) is 0 Å². The molecule has 1 unspecified atom stereocenters. The molecule has 0 aromatic carbocycles. The van der Waals surface area contributed by atoms with Crippen molar-refractivity contribution in [3.63, 3.8) is 0 Å². The largest absolute Gasteiger partial charge is 0.341 e. The van der Waals surface area contributed by atoms with Crippen molar-refractivity contribution in [1.29, 1.82) is 0 Å². The van der Waals surface area contributed by atoms with E-state index in [0.29, 0.717) is 6.54 Å². The van der Waals surface area contributed by atoms with E-state index in [1.807, 2.05) is 23.6 Å². The van der Waals surface area contributed by atoms with Gasteiger partial charge in [-0.25, -0.2) is 0 Å². The molecule has 0 spiro atoms. The fourth-order valence-electron chi connectivity index (χ4n) is 2.64. The summed E-state index contributed by atoms with van der Waals surface area (Å²) in [5.74, 6) is 0.225. The molecule has 1 aliphatic rings. The predicted octanol–water partition coefficient (Wildman–Crippen LogP) is 1.47. The summed E-state index contributed by atoms with van der Waals surface area (Å²) in [6.45, 7) is 6.56. The van der Waals surface area contributed by atoms with Gasteiger partial charge in [-0.3, -0.25) is 9.48 Å². The lowest BCUT2D eigenvalue weighted by atomic mass is 10.1. The first-order valence-corrected chi connectivity index (χ1v) is 7.65. The zero-order valence-corrected chi connectivity index (χ0v) is 12.9. The molecule has 1 fully saturated rings. The minimum absolute atomic E-state index is 0.131. The summed E-state index contributed by atoms with van der Waals surface area (Å²) in [6, 6.07) is 1.97. The number of hydrogen-bond donors (Lipinski definition) is 1. The number of aryl methyl sites for hydroxylation is 2. The molecule has 1 aliphatic heterocycles. The van der Waals surface area contributed by atoms with Crippen molar-refractivity contribution in [3.05, 3.63) is 17.5 Å². The molecule has 1 atom stereocenters. The fourth-order valence-corrected chi connectivity index (χ4v) is 2.64. The van der Waals surface area contributed by atoms with Crippen LogP contribution in [0.5, 0.6) is 0 Å². The van der Waals surface area contributed by atoms with Crippen molar-refractivity contribution in [2.45, 2.75) is 52.1 Å². The standard InChI is InChI=1S/C15H26N4O/c1-4-13-10-14(18(3)17-13)11-16-12(2)15(20)19-8-6-5-7-9-19/h10,12,16H,4-9,11H2,1-3H3. The summed E-state index contributed by atoms with van der Waals surface area (Å²) in [5, 5.41) is 7.75. The van der Waals surface area contributed by atoms with E-state index in [-0.39, 0.29) is 11.9 Å². The Balaban J connectivity index is 1.85. The molecule has 1 aromatic rings. The third-order valence-corrected chi connectivity index (χ3v) is 4.02. The molecule has 112 valence electrons. The number of aromatic nitrogens is 2. The van der Waals surface area contributed by atoms with Crippen LogP contribution < -0.4 is 5.32 Å².